The SMILES string of the molecule is O=S(=O)(CCCCC1CCNCC1)N1CCN(S(=O)(=O)c2ccc(F)cc2)CC1. The zero-order chi connectivity index (χ0) is 20.9. The molecule has 0 bridgehead atoms. The van der Waals surface area contributed by atoms with E-state index in [9.17, 15) is 21.2 Å². The average Bonchev–Trinajstić information content (AvgIpc) is 2.72. The first-order chi connectivity index (χ1) is 13.8. The second kappa shape index (κ2) is 9.82. The second-order valence-corrected chi connectivity index (χ2v) is 11.8. The minimum Gasteiger partial charge on any atom is -0.317 e. The molecule has 2 aliphatic rings. The predicted octanol–water partition coefficient (Wildman–Crippen LogP) is 1.63. The van der Waals surface area contributed by atoms with Crippen molar-refractivity contribution in [1.29, 1.82) is 0 Å². The molecule has 7 nitrogen and oxygen atoms in total. The molecule has 1 aromatic rings. The van der Waals surface area contributed by atoms with Crippen LogP contribution in [0.3, 0.4) is 0 Å². The van der Waals surface area contributed by atoms with Crippen LogP contribution >= 0.6 is 0 Å². The van der Waals surface area contributed by atoms with Crippen LogP contribution in [0.2, 0.25) is 0 Å². The maximum atomic E-state index is 13.0. The lowest BCUT2D eigenvalue weighted by Crippen LogP contribution is -2.50. The molecule has 0 unspecified atom stereocenters. The van der Waals surface area contributed by atoms with Gasteiger partial charge in [0, 0.05) is 26.2 Å². The van der Waals surface area contributed by atoms with Crippen molar-refractivity contribution in [3.05, 3.63) is 30.1 Å². The number of hydrogen-bond donors (Lipinski definition) is 1. The summed E-state index contributed by atoms with van der Waals surface area (Å²) >= 11 is 0. The van der Waals surface area contributed by atoms with Gasteiger partial charge in [0.05, 0.1) is 10.6 Å². The lowest BCUT2D eigenvalue weighted by atomic mass is 9.93. The van der Waals surface area contributed by atoms with Gasteiger partial charge < -0.3 is 5.32 Å². The molecule has 10 heteroatoms. The number of unbranched alkanes of at least 4 members (excludes halogenated alkanes) is 1. The van der Waals surface area contributed by atoms with Crippen molar-refractivity contribution in [3.63, 3.8) is 0 Å². The Morgan fingerprint density at radius 1 is 0.897 bits per heavy atom. The number of rotatable bonds is 8. The van der Waals surface area contributed by atoms with Crippen molar-refractivity contribution in [2.75, 3.05) is 45.0 Å². The molecule has 0 spiro atoms. The Bertz CT molecular complexity index is 861. The zero-order valence-electron chi connectivity index (χ0n) is 16.6. The third-order valence-electron chi connectivity index (χ3n) is 5.77. The van der Waals surface area contributed by atoms with Gasteiger partial charge in [0.1, 0.15) is 5.82 Å². The summed E-state index contributed by atoms with van der Waals surface area (Å²) in [4.78, 5) is 0.0214. The van der Waals surface area contributed by atoms with Gasteiger partial charge >= 0.3 is 0 Å². The lowest BCUT2D eigenvalue weighted by Gasteiger charge is -2.33. The van der Waals surface area contributed by atoms with Crippen molar-refractivity contribution in [2.45, 2.75) is 37.0 Å². The third kappa shape index (κ3) is 5.97. The number of piperazine rings is 1. The molecule has 0 radical (unpaired) electrons. The van der Waals surface area contributed by atoms with E-state index in [1.165, 1.54) is 20.7 Å². The monoisotopic (exact) mass is 447 g/mol. The summed E-state index contributed by atoms with van der Waals surface area (Å²) < 4.78 is 66.2. The molecule has 0 atom stereocenters. The second-order valence-electron chi connectivity index (χ2n) is 7.76. The fourth-order valence-electron chi connectivity index (χ4n) is 3.96. The lowest BCUT2D eigenvalue weighted by molar-refractivity contribution is 0.272. The Hall–Kier alpha value is -1.07. The molecule has 2 saturated heterocycles. The maximum absolute atomic E-state index is 13.0. The Morgan fingerprint density at radius 3 is 2.10 bits per heavy atom. The highest BCUT2D eigenvalue weighted by Gasteiger charge is 2.32. The first kappa shape index (κ1) is 22.6. The Kier molecular flexibility index (Phi) is 7.66. The van der Waals surface area contributed by atoms with Crippen LogP contribution in [0.5, 0.6) is 0 Å². The summed E-state index contributed by atoms with van der Waals surface area (Å²) in [5.41, 5.74) is 0. The average molecular weight is 448 g/mol. The van der Waals surface area contributed by atoms with E-state index < -0.39 is 25.9 Å². The summed E-state index contributed by atoms with van der Waals surface area (Å²) in [6.45, 7) is 2.61. The van der Waals surface area contributed by atoms with Gasteiger partial charge in [-0.05, 0) is 62.5 Å². The van der Waals surface area contributed by atoms with Crippen molar-refractivity contribution >= 4 is 20.0 Å². The topological polar surface area (TPSA) is 86.8 Å². The quantitative estimate of drug-likeness (QED) is 0.612. The van der Waals surface area contributed by atoms with Gasteiger partial charge in [0.15, 0.2) is 0 Å². The van der Waals surface area contributed by atoms with Gasteiger partial charge in [-0.25, -0.2) is 21.2 Å². The smallest absolute Gasteiger partial charge is 0.243 e. The molecule has 164 valence electrons. The number of sulfonamides is 2. The molecule has 0 aliphatic carbocycles. The minimum atomic E-state index is -3.74. The molecule has 2 heterocycles. The van der Waals surface area contributed by atoms with Crippen LogP contribution < -0.4 is 5.32 Å². The highest BCUT2D eigenvalue weighted by atomic mass is 32.2. The van der Waals surface area contributed by atoms with Crippen molar-refractivity contribution in [3.8, 4) is 0 Å². The number of benzene rings is 1. The van der Waals surface area contributed by atoms with Crippen molar-refractivity contribution in [2.24, 2.45) is 5.92 Å². The molecule has 0 aromatic heterocycles. The van der Waals surface area contributed by atoms with Crippen molar-refractivity contribution in [1.82, 2.24) is 13.9 Å². The van der Waals surface area contributed by atoms with E-state index in [4.69, 9.17) is 0 Å². The van der Waals surface area contributed by atoms with E-state index in [0.717, 1.165) is 50.9 Å². The maximum Gasteiger partial charge on any atom is 0.243 e. The fourth-order valence-corrected chi connectivity index (χ4v) is 6.93. The van der Waals surface area contributed by atoms with E-state index in [1.807, 2.05) is 0 Å². The van der Waals surface area contributed by atoms with Gasteiger partial charge in [0.25, 0.3) is 0 Å². The molecule has 2 aliphatic heterocycles. The molecule has 3 rings (SSSR count). The van der Waals surface area contributed by atoms with E-state index in [2.05, 4.69) is 5.32 Å². The van der Waals surface area contributed by atoms with Crippen LogP contribution in [-0.2, 0) is 20.0 Å². The summed E-state index contributed by atoms with van der Waals surface area (Å²) in [6.07, 6.45) is 4.94. The normalized spacial score (nSPS) is 20.7. The van der Waals surface area contributed by atoms with Gasteiger partial charge in [-0.3, -0.25) is 0 Å². The number of nitrogens with zero attached hydrogens (tertiary/aromatic N) is 2. The molecular weight excluding hydrogens is 417 g/mol. The van der Waals surface area contributed by atoms with Crippen LogP contribution in [0.4, 0.5) is 4.39 Å². The summed E-state index contributed by atoms with van der Waals surface area (Å²) in [5.74, 6) is 0.307. The largest absolute Gasteiger partial charge is 0.317 e. The van der Waals surface area contributed by atoms with Gasteiger partial charge in [-0.1, -0.05) is 12.8 Å². The first-order valence-electron chi connectivity index (χ1n) is 10.2. The third-order valence-corrected chi connectivity index (χ3v) is 9.64. The zero-order valence-corrected chi connectivity index (χ0v) is 18.2. The predicted molar refractivity (Wildman–Crippen MR) is 110 cm³/mol. The summed E-state index contributed by atoms with van der Waals surface area (Å²) in [6, 6.07) is 4.68. The number of piperidine rings is 1. The number of nitrogens with one attached hydrogen (secondary N) is 1. The Labute approximate surface area is 173 Å². The highest BCUT2D eigenvalue weighted by Crippen LogP contribution is 2.21. The van der Waals surface area contributed by atoms with Crippen molar-refractivity contribution < 1.29 is 21.2 Å². The Balaban J connectivity index is 1.46. The van der Waals surface area contributed by atoms with Crippen LogP contribution in [0.1, 0.15) is 32.1 Å². The van der Waals surface area contributed by atoms with Crippen LogP contribution in [0.15, 0.2) is 29.2 Å². The van der Waals surface area contributed by atoms with E-state index in [-0.39, 0.29) is 36.8 Å². The molecular formula is C19H30FN3O4S2. The van der Waals surface area contributed by atoms with E-state index >= 15 is 0 Å². The van der Waals surface area contributed by atoms with E-state index in [1.54, 1.807) is 0 Å². The molecule has 2 fully saturated rings. The molecule has 1 N–H and O–H groups in total. The van der Waals surface area contributed by atoms with Gasteiger partial charge in [0.2, 0.25) is 20.0 Å². The number of halogens is 1. The fraction of sp³-hybridized carbons (Fsp3) is 0.684. The van der Waals surface area contributed by atoms with Crippen LogP contribution in [0, 0.1) is 11.7 Å². The first-order valence-corrected chi connectivity index (χ1v) is 13.3. The van der Waals surface area contributed by atoms with Gasteiger partial charge in [-0.2, -0.15) is 8.61 Å². The standard InChI is InChI=1S/C19H30FN3O4S2/c20-18-4-6-19(7-5-18)29(26,27)23-14-12-22(13-15-23)28(24,25)16-2-1-3-17-8-10-21-11-9-17/h4-7,17,21H,1-3,8-16H2. The molecule has 0 saturated carbocycles. The molecule has 1 aromatic carbocycles. The summed E-state index contributed by atoms with van der Waals surface area (Å²) in [5, 5.41) is 3.33. The summed E-state index contributed by atoms with van der Waals surface area (Å²) in [7, 11) is -7.12. The minimum absolute atomic E-state index is 0.0214. The molecule has 29 heavy (non-hydrogen) atoms. The number of hydrogen-bond acceptors (Lipinski definition) is 5. The Morgan fingerprint density at radius 2 is 1.48 bits per heavy atom. The van der Waals surface area contributed by atoms with Crippen LogP contribution in [-0.4, -0.2) is 70.5 Å². The molecule has 0 amide bonds. The van der Waals surface area contributed by atoms with Gasteiger partial charge in [-0.15, -0.1) is 0 Å². The highest BCUT2D eigenvalue weighted by molar-refractivity contribution is 7.89. The van der Waals surface area contributed by atoms with Crippen LogP contribution in [0.25, 0.3) is 0 Å². The van der Waals surface area contributed by atoms with E-state index in [0.29, 0.717) is 12.3 Å².